The normalized spacial score (nSPS) is 8.00. The maximum Gasteiger partial charge on any atom is 0.0187 e. The smallest absolute Gasteiger partial charge is 0.0187 e. The third-order valence-electron chi connectivity index (χ3n) is 1.90. The van der Waals surface area contributed by atoms with Crippen LogP contribution in [-0.2, 0) is 98.1 Å². The zero-order valence-electron chi connectivity index (χ0n) is 9.81. The van der Waals surface area contributed by atoms with E-state index in [0.29, 0.717) is 0 Å². The number of hydrogen-bond donors (Lipinski definition) is 0. The van der Waals surface area contributed by atoms with Crippen molar-refractivity contribution in [2.45, 2.75) is 0 Å². The molecule has 0 amide bonds. The minimum atomic E-state index is -0.458. The van der Waals surface area contributed by atoms with Crippen molar-refractivity contribution >= 4 is 17.3 Å². The third kappa shape index (κ3) is 7.07. The maximum absolute atomic E-state index is 11.0. The molecule has 0 aliphatic carbocycles. The molecule has 3 nitrogen and oxygen atoms in total. The average molecular weight is 468 g/mol. The molecule has 0 heterocycles. The monoisotopic (exact) mass is 468 g/mol. The quantitative estimate of drug-likeness (QED) is 0.502. The molecule has 0 spiro atoms. The summed E-state index contributed by atoms with van der Waals surface area (Å²) in [6, 6.07) is 4.07. The molecule has 0 aromatic heterocycles. The fraction of sp³-hybridized carbons (Fsp3) is 0. The zero-order chi connectivity index (χ0) is 11.6. The van der Waals surface area contributed by atoms with E-state index in [1.165, 1.54) is 18.2 Å². The van der Waals surface area contributed by atoms with E-state index in [4.69, 9.17) is 0 Å². The summed E-state index contributed by atoms with van der Waals surface area (Å²) in [5.74, 6) is -1.37. The van der Waals surface area contributed by atoms with E-state index in [0.717, 1.165) is 0 Å². The molecule has 1 aromatic carbocycles. The first-order chi connectivity index (χ1) is 6.91. The van der Waals surface area contributed by atoms with Crippen molar-refractivity contribution in [2.24, 2.45) is 0 Å². The molecule has 0 bridgehead atoms. The van der Waals surface area contributed by atoms with Crippen molar-refractivity contribution in [3.63, 3.8) is 0 Å². The second-order valence-electron chi connectivity index (χ2n) is 3.07. The van der Waals surface area contributed by atoms with Crippen LogP contribution in [0.2, 0.25) is 0 Å². The number of hydrogen-bond acceptors (Lipinski definition) is 3. The van der Waals surface area contributed by atoms with Crippen molar-refractivity contribution in [1.82, 2.24) is 0 Å². The van der Waals surface area contributed by atoms with Crippen LogP contribution in [0, 0.1) is 20.8 Å². The van der Waals surface area contributed by atoms with Crippen LogP contribution in [0.25, 0.3) is 0 Å². The summed E-state index contributed by atoms with van der Waals surface area (Å²) in [5.41, 5.74) is 0.615. The topological polar surface area (TPSA) is 51.2 Å². The van der Waals surface area contributed by atoms with E-state index < -0.39 is 17.3 Å². The molecule has 6 heteroatoms. The summed E-state index contributed by atoms with van der Waals surface area (Å²) in [6.45, 7) is 9.62. The van der Waals surface area contributed by atoms with Gasteiger partial charge in [0.25, 0.3) is 0 Å². The van der Waals surface area contributed by atoms with Crippen LogP contribution in [0.3, 0.4) is 0 Å². The summed E-state index contributed by atoms with van der Waals surface area (Å²) in [5, 5.41) is 0. The minimum absolute atomic E-state index is 0. The van der Waals surface area contributed by atoms with E-state index in [1.54, 1.807) is 0 Å². The number of benzene rings is 1. The minimum Gasteiger partial charge on any atom is -0.332 e. The third-order valence-corrected chi connectivity index (χ3v) is 1.90. The Balaban J connectivity index is -0.000000750. The number of ketones is 3. The van der Waals surface area contributed by atoms with Crippen LogP contribution >= 0.6 is 0 Å². The van der Waals surface area contributed by atoms with Crippen LogP contribution in [0.4, 0.5) is 0 Å². The maximum atomic E-state index is 11.0. The van der Waals surface area contributed by atoms with Crippen LogP contribution in [-0.4, -0.2) is 17.3 Å². The van der Waals surface area contributed by atoms with Gasteiger partial charge in [0.1, 0.15) is 0 Å². The molecule has 0 aliphatic heterocycles. The van der Waals surface area contributed by atoms with Crippen molar-refractivity contribution < 1.29 is 113 Å². The molecule has 3 radical (unpaired) electrons. The van der Waals surface area contributed by atoms with E-state index in [2.05, 4.69) is 20.8 Å². The first-order valence-electron chi connectivity index (χ1n) is 4.16. The summed E-state index contributed by atoms with van der Waals surface area (Å²) >= 11 is 0. The number of Topliss-reactive ketones (excluding diaryl/α,β-unsaturated/α-hetero) is 3. The van der Waals surface area contributed by atoms with Gasteiger partial charge < -0.3 is 14.4 Å². The van der Waals surface area contributed by atoms with E-state index >= 15 is 0 Å². The molecular weight excluding hydrogens is 459 g/mol. The Morgan fingerprint density at radius 1 is 0.611 bits per heavy atom. The molecular formula is C12H9O3Y3-3. The Kier molecular flexibility index (Phi) is 14.6. The summed E-state index contributed by atoms with van der Waals surface area (Å²) < 4.78 is 0. The fourth-order valence-corrected chi connectivity index (χ4v) is 1.11. The first kappa shape index (κ1) is 24.2. The molecule has 0 atom stereocenters. The number of carbonyl (C=O) groups excluding carboxylic acids is 3. The van der Waals surface area contributed by atoms with Gasteiger partial charge in [0, 0.05) is 115 Å². The first-order valence-corrected chi connectivity index (χ1v) is 4.16. The van der Waals surface area contributed by atoms with Gasteiger partial charge in [-0.25, -0.2) is 18.2 Å². The van der Waals surface area contributed by atoms with Crippen LogP contribution in [0.15, 0.2) is 18.2 Å². The second kappa shape index (κ2) is 10.9. The van der Waals surface area contributed by atoms with Gasteiger partial charge in [-0.3, -0.25) is 0 Å². The van der Waals surface area contributed by atoms with Crippen molar-refractivity contribution in [2.75, 3.05) is 0 Å². The molecule has 87 valence electrons. The summed E-state index contributed by atoms with van der Waals surface area (Å²) in [6.07, 6.45) is 0. The van der Waals surface area contributed by atoms with Crippen molar-refractivity contribution in [3.8, 4) is 0 Å². The van der Waals surface area contributed by atoms with E-state index in [9.17, 15) is 14.4 Å². The summed E-state index contributed by atoms with van der Waals surface area (Å²) in [4.78, 5) is 33.1. The Morgan fingerprint density at radius 3 is 0.889 bits per heavy atom. The van der Waals surface area contributed by atoms with Crippen LogP contribution in [0.5, 0.6) is 0 Å². The zero-order valence-corrected chi connectivity index (χ0v) is 18.3. The Hall–Kier alpha value is 1.15. The predicted octanol–water partition coefficient (Wildman–Crippen LogP) is 1.73. The molecule has 1 rings (SSSR count). The van der Waals surface area contributed by atoms with Crippen LogP contribution < -0.4 is 0 Å². The standard InChI is InChI=1S/C12H9O3.3Y/c1-7(13)10-4-11(8(2)14)6-12(5-10)9(3)15;;;/h4-6H,1-3H2;;;/q-3;;;. The van der Waals surface area contributed by atoms with Gasteiger partial charge in [-0.05, 0) is 0 Å². The Morgan fingerprint density at radius 2 is 0.778 bits per heavy atom. The molecule has 0 aliphatic rings. The van der Waals surface area contributed by atoms with Gasteiger partial charge in [-0.1, -0.05) is 0 Å². The van der Waals surface area contributed by atoms with Gasteiger partial charge in [0.2, 0.25) is 0 Å². The predicted molar refractivity (Wildman–Crippen MR) is 55.5 cm³/mol. The molecule has 0 unspecified atom stereocenters. The van der Waals surface area contributed by atoms with Crippen molar-refractivity contribution in [3.05, 3.63) is 55.7 Å². The van der Waals surface area contributed by atoms with Gasteiger partial charge in [-0.15, -0.1) is 0 Å². The van der Waals surface area contributed by atoms with Crippen LogP contribution in [0.1, 0.15) is 31.1 Å². The Labute approximate surface area is 182 Å². The number of rotatable bonds is 3. The molecule has 0 N–H and O–H groups in total. The molecule has 1 aromatic rings. The molecule has 0 saturated heterocycles. The largest absolute Gasteiger partial charge is 0.332 e. The molecule has 18 heavy (non-hydrogen) atoms. The average Bonchev–Trinajstić information content (AvgIpc) is 2.16. The van der Waals surface area contributed by atoms with Crippen molar-refractivity contribution in [1.29, 1.82) is 0 Å². The fourth-order valence-electron chi connectivity index (χ4n) is 1.11. The molecule has 0 fully saturated rings. The second-order valence-corrected chi connectivity index (χ2v) is 3.07. The number of carbonyl (C=O) groups is 3. The SMILES string of the molecule is [CH2-]C(=O)c1cc(C([CH2-])=O)cc(C([CH2-])=O)c1.[Y].[Y].[Y]. The van der Waals surface area contributed by atoms with Gasteiger partial charge in [-0.2, -0.15) is 37.5 Å². The van der Waals surface area contributed by atoms with Gasteiger partial charge >= 0.3 is 0 Å². The van der Waals surface area contributed by atoms with Gasteiger partial charge in [0.05, 0.1) is 0 Å². The van der Waals surface area contributed by atoms with Gasteiger partial charge in [0.15, 0.2) is 0 Å². The summed E-state index contributed by atoms with van der Waals surface area (Å²) in [7, 11) is 0. The van der Waals surface area contributed by atoms with E-state index in [-0.39, 0.29) is 115 Å². The molecule has 0 saturated carbocycles. The Bertz CT molecular complexity index is 377. The van der Waals surface area contributed by atoms with E-state index in [1.807, 2.05) is 0 Å².